The highest BCUT2D eigenvalue weighted by Crippen LogP contribution is 2.41. The summed E-state index contributed by atoms with van der Waals surface area (Å²) < 4.78 is 133. The van der Waals surface area contributed by atoms with E-state index in [1.54, 1.807) is 0 Å². The predicted molar refractivity (Wildman–Crippen MR) is 127 cm³/mol. The van der Waals surface area contributed by atoms with E-state index in [-0.39, 0.29) is 18.1 Å². The van der Waals surface area contributed by atoms with Crippen molar-refractivity contribution in [3.63, 3.8) is 0 Å². The monoisotopic (exact) mass is 560 g/mol. The molecule has 0 radical (unpaired) electrons. The van der Waals surface area contributed by atoms with Gasteiger partial charge in [0.1, 0.15) is 34.6 Å². The van der Waals surface area contributed by atoms with Crippen molar-refractivity contribution in [2.45, 2.75) is 63.9 Å². The number of hydrogen-bond donors (Lipinski definition) is 0. The van der Waals surface area contributed by atoms with E-state index in [1.165, 1.54) is 0 Å². The van der Waals surface area contributed by atoms with Gasteiger partial charge >= 0.3 is 6.11 Å². The van der Waals surface area contributed by atoms with E-state index in [1.807, 2.05) is 0 Å². The maximum atomic E-state index is 15.0. The Hall–Kier alpha value is -3.17. The zero-order valence-electron chi connectivity index (χ0n) is 20.9. The topological polar surface area (TPSA) is 9.23 Å². The zero-order valence-corrected chi connectivity index (χ0v) is 20.9. The number of halogens is 9. The maximum Gasteiger partial charge on any atom is 0.432 e. The molecule has 1 aliphatic rings. The number of hydrogen-bond acceptors (Lipinski definition) is 1. The maximum absolute atomic E-state index is 15.0. The van der Waals surface area contributed by atoms with Gasteiger partial charge in [-0.05, 0) is 72.9 Å². The van der Waals surface area contributed by atoms with E-state index in [2.05, 4.69) is 11.7 Å². The Kier molecular flexibility index (Phi) is 8.51. The molecule has 0 N–H and O–H groups in total. The van der Waals surface area contributed by atoms with Gasteiger partial charge in [0.15, 0.2) is 17.5 Å². The fourth-order valence-corrected chi connectivity index (χ4v) is 5.17. The van der Waals surface area contributed by atoms with Crippen LogP contribution >= 0.6 is 0 Å². The molecule has 3 aromatic rings. The molecular formula is C29H25F9O. The molecule has 0 spiro atoms. The molecular weight excluding hydrogens is 535 g/mol. The standard InChI is InChI=1S/C29H25F9O/c1-2-3-4-15-5-7-16(8-6-15)17-9-20(30)26(21(31)10-17)18-11-22(32)27(23(33)12-18)29(37,38)39-19-13-24(34)28(36)25(35)14-19/h9-16H,2-8H2,1H3. The van der Waals surface area contributed by atoms with E-state index < -0.39 is 69.3 Å². The van der Waals surface area contributed by atoms with Crippen LogP contribution in [0, 0.1) is 46.6 Å². The van der Waals surface area contributed by atoms with Crippen LogP contribution in [0.3, 0.4) is 0 Å². The second kappa shape index (κ2) is 11.5. The SMILES string of the molecule is CCCCC1CCC(c2cc(F)c(-c3cc(F)c(C(F)(F)Oc4cc(F)c(F)c(F)c4)c(F)c3)c(F)c2)CC1. The van der Waals surface area contributed by atoms with Crippen molar-refractivity contribution in [2.75, 3.05) is 0 Å². The lowest BCUT2D eigenvalue weighted by Gasteiger charge is -2.29. The summed E-state index contributed by atoms with van der Waals surface area (Å²) in [7, 11) is 0. The molecule has 0 atom stereocenters. The lowest BCUT2D eigenvalue weighted by Crippen LogP contribution is -2.25. The second-order valence-electron chi connectivity index (χ2n) is 9.85. The third-order valence-corrected chi connectivity index (χ3v) is 7.17. The van der Waals surface area contributed by atoms with Gasteiger partial charge in [0.2, 0.25) is 0 Å². The molecule has 0 bridgehead atoms. The number of ether oxygens (including phenoxy) is 1. The smallest absolute Gasteiger partial charge is 0.429 e. The van der Waals surface area contributed by atoms with E-state index in [0.29, 0.717) is 23.6 Å². The first-order valence-corrected chi connectivity index (χ1v) is 12.6. The average Bonchev–Trinajstić information content (AvgIpc) is 2.85. The highest BCUT2D eigenvalue weighted by Gasteiger charge is 2.42. The van der Waals surface area contributed by atoms with Crippen molar-refractivity contribution in [1.82, 2.24) is 0 Å². The molecule has 0 heterocycles. The van der Waals surface area contributed by atoms with Crippen LogP contribution in [-0.4, -0.2) is 0 Å². The first kappa shape index (κ1) is 28.8. The molecule has 0 aromatic heterocycles. The van der Waals surface area contributed by atoms with Crippen molar-refractivity contribution >= 4 is 0 Å². The molecule has 39 heavy (non-hydrogen) atoms. The summed E-state index contributed by atoms with van der Waals surface area (Å²) in [6.07, 6.45) is 1.88. The lowest BCUT2D eigenvalue weighted by atomic mass is 9.77. The van der Waals surface area contributed by atoms with Crippen LogP contribution in [-0.2, 0) is 6.11 Å². The van der Waals surface area contributed by atoms with Crippen LogP contribution in [0.15, 0.2) is 36.4 Å². The van der Waals surface area contributed by atoms with Crippen molar-refractivity contribution in [1.29, 1.82) is 0 Å². The average molecular weight is 560 g/mol. The molecule has 3 aromatic carbocycles. The third kappa shape index (κ3) is 6.20. The summed E-state index contributed by atoms with van der Waals surface area (Å²) in [4.78, 5) is 0. The summed E-state index contributed by atoms with van der Waals surface area (Å²) in [6, 6.07) is 2.94. The van der Waals surface area contributed by atoms with Gasteiger partial charge in [-0.25, -0.2) is 30.7 Å². The molecule has 4 rings (SSSR count). The van der Waals surface area contributed by atoms with Crippen molar-refractivity contribution in [2.24, 2.45) is 5.92 Å². The van der Waals surface area contributed by atoms with Crippen molar-refractivity contribution in [3.8, 4) is 16.9 Å². The Bertz CT molecular complexity index is 1280. The van der Waals surface area contributed by atoms with Gasteiger partial charge in [-0.1, -0.05) is 26.2 Å². The predicted octanol–water partition coefficient (Wildman–Crippen LogP) is 9.92. The van der Waals surface area contributed by atoms with Gasteiger partial charge in [0, 0.05) is 12.1 Å². The van der Waals surface area contributed by atoms with Gasteiger partial charge in [-0.15, -0.1) is 0 Å². The normalized spacial score (nSPS) is 17.9. The molecule has 1 saturated carbocycles. The first-order valence-electron chi connectivity index (χ1n) is 12.6. The van der Waals surface area contributed by atoms with Crippen LogP contribution < -0.4 is 4.74 Å². The zero-order chi connectivity index (χ0) is 28.5. The minimum absolute atomic E-state index is 0.0699. The second-order valence-corrected chi connectivity index (χ2v) is 9.85. The van der Waals surface area contributed by atoms with Gasteiger partial charge in [-0.3, -0.25) is 0 Å². The molecule has 1 aliphatic carbocycles. The van der Waals surface area contributed by atoms with Crippen LogP contribution in [0.5, 0.6) is 5.75 Å². The van der Waals surface area contributed by atoms with Crippen LogP contribution in [0.25, 0.3) is 11.1 Å². The van der Waals surface area contributed by atoms with E-state index in [0.717, 1.165) is 57.1 Å². The molecule has 0 aliphatic heterocycles. The van der Waals surface area contributed by atoms with Crippen LogP contribution in [0.1, 0.15) is 68.9 Å². The number of alkyl halides is 2. The van der Waals surface area contributed by atoms with E-state index in [4.69, 9.17) is 0 Å². The molecule has 10 heteroatoms. The fourth-order valence-electron chi connectivity index (χ4n) is 5.17. The molecule has 1 nitrogen and oxygen atoms in total. The van der Waals surface area contributed by atoms with Gasteiger partial charge < -0.3 is 4.74 Å². The van der Waals surface area contributed by atoms with Crippen molar-refractivity contribution in [3.05, 3.63) is 88.2 Å². The van der Waals surface area contributed by atoms with Crippen LogP contribution in [0.2, 0.25) is 0 Å². The highest BCUT2D eigenvalue weighted by atomic mass is 19.3. The molecule has 210 valence electrons. The number of unbranched alkanes of at least 4 members (excludes halogenated alkanes) is 1. The van der Waals surface area contributed by atoms with E-state index in [9.17, 15) is 30.7 Å². The Morgan fingerprint density at radius 1 is 0.718 bits per heavy atom. The summed E-state index contributed by atoms with van der Waals surface area (Å²) in [5.41, 5.74) is -3.02. The molecule has 1 fully saturated rings. The first-order chi connectivity index (χ1) is 18.4. The largest absolute Gasteiger partial charge is 0.432 e. The van der Waals surface area contributed by atoms with Crippen LogP contribution in [0.4, 0.5) is 39.5 Å². The highest BCUT2D eigenvalue weighted by molar-refractivity contribution is 5.66. The quantitative estimate of drug-likeness (QED) is 0.197. The number of rotatable bonds is 8. The Balaban J connectivity index is 1.59. The molecule has 0 unspecified atom stereocenters. The van der Waals surface area contributed by atoms with Crippen molar-refractivity contribution < 1.29 is 44.3 Å². The Morgan fingerprint density at radius 2 is 1.26 bits per heavy atom. The third-order valence-electron chi connectivity index (χ3n) is 7.17. The summed E-state index contributed by atoms with van der Waals surface area (Å²) in [5, 5.41) is 0. The van der Waals surface area contributed by atoms with Gasteiger partial charge in [0.05, 0.1) is 5.56 Å². The summed E-state index contributed by atoms with van der Waals surface area (Å²) in [6.45, 7) is 2.11. The van der Waals surface area contributed by atoms with E-state index >= 15 is 8.78 Å². The molecule has 0 saturated heterocycles. The molecule has 0 amide bonds. The fraction of sp³-hybridized carbons (Fsp3) is 0.379. The number of benzene rings is 3. The summed E-state index contributed by atoms with van der Waals surface area (Å²) in [5.74, 6) is -12.5. The summed E-state index contributed by atoms with van der Waals surface area (Å²) >= 11 is 0. The minimum atomic E-state index is -4.82. The Morgan fingerprint density at radius 3 is 1.77 bits per heavy atom. The van der Waals surface area contributed by atoms with Gasteiger partial charge in [-0.2, -0.15) is 8.78 Å². The minimum Gasteiger partial charge on any atom is -0.429 e. The van der Waals surface area contributed by atoms with Gasteiger partial charge in [0.25, 0.3) is 0 Å². The Labute approximate surface area is 219 Å². The lowest BCUT2D eigenvalue weighted by molar-refractivity contribution is -0.189.